The molecule has 0 spiro atoms. The lowest BCUT2D eigenvalue weighted by molar-refractivity contribution is -0.161. The molecule has 1 aliphatic carbocycles. The predicted molar refractivity (Wildman–Crippen MR) is 89.8 cm³/mol. The Bertz CT molecular complexity index is 584. The van der Waals surface area contributed by atoms with Crippen molar-refractivity contribution in [3.8, 4) is 0 Å². The number of rotatable bonds is 5. The number of cyclic esters (lactones) is 2. The number of hydrogen-bond donors (Lipinski definition) is 0. The summed E-state index contributed by atoms with van der Waals surface area (Å²) in [4.78, 5) is 25.5. The van der Waals surface area contributed by atoms with Crippen molar-refractivity contribution < 1.29 is 23.8 Å². The molecule has 1 aliphatic heterocycles. The van der Waals surface area contributed by atoms with Gasteiger partial charge in [-0.1, -0.05) is 37.5 Å². The summed E-state index contributed by atoms with van der Waals surface area (Å²) in [6, 6.07) is 9.72. The molecule has 1 saturated heterocycles. The molecule has 0 amide bonds. The zero-order valence-corrected chi connectivity index (χ0v) is 14.6. The van der Waals surface area contributed by atoms with E-state index in [0.29, 0.717) is 0 Å². The molecule has 6 heteroatoms. The second-order valence-electron chi connectivity index (χ2n) is 6.27. The van der Waals surface area contributed by atoms with Crippen LogP contribution in [0, 0.1) is 5.92 Å². The SMILES string of the molecule is COC(=O)[C@]1(CSc2ccccc2)OC(=O)O[C@@H]1C1CCCCC1. The molecule has 0 aromatic heterocycles. The monoisotopic (exact) mass is 350 g/mol. The van der Waals surface area contributed by atoms with Crippen LogP contribution in [0.2, 0.25) is 0 Å². The summed E-state index contributed by atoms with van der Waals surface area (Å²) in [6.07, 6.45) is 3.89. The quantitative estimate of drug-likeness (QED) is 0.594. The van der Waals surface area contributed by atoms with E-state index in [4.69, 9.17) is 14.2 Å². The predicted octanol–water partition coefficient (Wildman–Crippen LogP) is 3.81. The fraction of sp³-hybridized carbons (Fsp3) is 0.556. The number of esters is 1. The third-order valence-corrected chi connectivity index (χ3v) is 5.93. The molecule has 0 bridgehead atoms. The Hall–Kier alpha value is -1.69. The average molecular weight is 350 g/mol. The number of thioether (sulfide) groups is 1. The maximum atomic E-state index is 12.6. The second kappa shape index (κ2) is 7.47. The summed E-state index contributed by atoms with van der Waals surface area (Å²) in [7, 11) is 1.32. The van der Waals surface area contributed by atoms with E-state index in [1.165, 1.54) is 25.3 Å². The molecule has 0 radical (unpaired) electrons. The second-order valence-corrected chi connectivity index (χ2v) is 7.32. The molecular weight excluding hydrogens is 328 g/mol. The normalized spacial score (nSPS) is 27.4. The molecule has 0 N–H and O–H groups in total. The van der Waals surface area contributed by atoms with Gasteiger partial charge in [0.2, 0.25) is 0 Å². The summed E-state index contributed by atoms with van der Waals surface area (Å²) in [5.41, 5.74) is -1.37. The van der Waals surface area contributed by atoms with Gasteiger partial charge in [0, 0.05) is 10.8 Å². The minimum atomic E-state index is -1.37. The van der Waals surface area contributed by atoms with Crippen LogP contribution in [0.5, 0.6) is 0 Å². The first-order chi connectivity index (χ1) is 11.7. The van der Waals surface area contributed by atoms with E-state index >= 15 is 0 Å². The van der Waals surface area contributed by atoms with Crippen molar-refractivity contribution in [1.82, 2.24) is 0 Å². The molecular formula is C18H22O5S. The Kier molecular flexibility index (Phi) is 5.33. The van der Waals surface area contributed by atoms with E-state index < -0.39 is 23.8 Å². The Morgan fingerprint density at radius 1 is 1.25 bits per heavy atom. The van der Waals surface area contributed by atoms with Crippen molar-refractivity contribution in [2.24, 2.45) is 5.92 Å². The van der Waals surface area contributed by atoms with Crippen LogP contribution in [-0.4, -0.2) is 36.7 Å². The van der Waals surface area contributed by atoms with Crippen LogP contribution in [0.1, 0.15) is 32.1 Å². The van der Waals surface area contributed by atoms with Gasteiger partial charge in [-0.2, -0.15) is 0 Å². The lowest BCUT2D eigenvalue weighted by atomic mass is 9.79. The van der Waals surface area contributed by atoms with Crippen LogP contribution in [0.25, 0.3) is 0 Å². The minimum absolute atomic E-state index is 0.140. The van der Waals surface area contributed by atoms with Crippen LogP contribution in [0.3, 0.4) is 0 Å². The highest BCUT2D eigenvalue weighted by Crippen LogP contribution is 2.42. The van der Waals surface area contributed by atoms with Crippen LogP contribution >= 0.6 is 11.8 Å². The number of methoxy groups -OCH3 is 1. The Morgan fingerprint density at radius 2 is 1.96 bits per heavy atom. The minimum Gasteiger partial charge on any atom is -0.466 e. The highest BCUT2D eigenvalue weighted by atomic mass is 32.2. The number of ether oxygens (including phenoxy) is 3. The highest BCUT2D eigenvalue weighted by molar-refractivity contribution is 7.99. The molecule has 130 valence electrons. The van der Waals surface area contributed by atoms with Crippen molar-refractivity contribution in [3.63, 3.8) is 0 Å². The van der Waals surface area contributed by atoms with Crippen LogP contribution in [-0.2, 0) is 19.0 Å². The molecule has 1 aromatic carbocycles. The van der Waals surface area contributed by atoms with Crippen molar-refractivity contribution in [3.05, 3.63) is 30.3 Å². The summed E-state index contributed by atoms with van der Waals surface area (Å²) >= 11 is 1.47. The van der Waals surface area contributed by atoms with Gasteiger partial charge in [0.1, 0.15) is 0 Å². The first-order valence-corrected chi connectivity index (χ1v) is 9.30. The van der Waals surface area contributed by atoms with Crippen LogP contribution in [0.4, 0.5) is 4.79 Å². The van der Waals surface area contributed by atoms with E-state index in [2.05, 4.69) is 0 Å². The molecule has 1 aromatic rings. The molecule has 2 fully saturated rings. The standard InChI is InChI=1S/C18H22O5S/c1-21-16(19)18(12-24-14-10-6-3-7-11-14)15(22-17(20)23-18)13-8-4-2-5-9-13/h3,6-7,10-11,13,15H,2,4-5,8-9,12H2,1H3/t15-,18-/m1/s1. The number of carbonyl (C=O) groups excluding carboxylic acids is 2. The van der Waals surface area contributed by atoms with Gasteiger partial charge >= 0.3 is 12.1 Å². The molecule has 1 heterocycles. The summed E-state index contributed by atoms with van der Waals surface area (Å²) < 4.78 is 15.9. The summed E-state index contributed by atoms with van der Waals surface area (Å²) in [6.45, 7) is 0. The number of hydrogen-bond acceptors (Lipinski definition) is 6. The topological polar surface area (TPSA) is 61.8 Å². The maximum Gasteiger partial charge on any atom is 0.510 e. The Balaban J connectivity index is 1.84. The lowest BCUT2D eigenvalue weighted by Crippen LogP contribution is -2.53. The van der Waals surface area contributed by atoms with Gasteiger partial charge in [-0.3, -0.25) is 0 Å². The molecule has 5 nitrogen and oxygen atoms in total. The Labute approximate surface area is 146 Å². The van der Waals surface area contributed by atoms with E-state index in [1.54, 1.807) is 0 Å². The molecule has 0 unspecified atom stereocenters. The lowest BCUT2D eigenvalue weighted by Gasteiger charge is -2.34. The highest BCUT2D eigenvalue weighted by Gasteiger charge is 2.60. The van der Waals surface area contributed by atoms with E-state index in [9.17, 15) is 9.59 Å². The van der Waals surface area contributed by atoms with E-state index in [1.807, 2.05) is 30.3 Å². The molecule has 1 saturated carbocycles. The number of benzene rings is 1. The zero-order chi connectivity index (χ0) is 17.0. The number of carbonyl (C=O) groups is 2. The first kappa shape index (κ1) is 17.1. The molecule has 3 rings (SSSR count). The fourth-order valence-electron chi connectivity index (χ4n) is 3.55. The van der Waals surface area contributed by atoms with Gasteiger partial charge < -0.3 is 14.2 Å². The van der Waals surface area contributed by atoms with Gasteiger partial charge in [0.15, 0.2) is 6.10 Å². The first-order valence-electron chi connectivity index (χ1n) is 8.31. The van der Waals surface area contributed by atoms with Crippen molar-refractivity contribution in [2.75, 3.05) is 12.9 Å². The summed E-state index contributed by atoms with van der Waals surface area (Å²) in [5, 5.41) is 0. The maximum absolute atomic E-state index is 12.6. The van der Waals surface area contributed by atoms with Gasteiger partial charge in [-0.05, 0) is 25.0 Å². The molecule has 2 atom stereocenters. The van der Waals surface area contributed by atoms with Crippen molar-refractivity contribution >= 4 is 23.9 Å². The van der Waals surface area contributed by atoms with Gasteiger partial charge in [-0.25, -0.2) is 9.59 Å². The zero-order valence-electron chi connectivity index (χ0n) is 13.7. The average Bonchev–Trinajstić information content (AvgIpc) is 2.98. The molecule has 24 heavy (non-hydrogen) atoms. The summed E-state index contributed by atoms with van der Waals surface area (Å²) in [5.74, 6) is -0.107. The van der Waals surface area contributed by atoms with Crippen molar-refractivity contribution in [2.45, 2.75) is 48.7 Å². The Morgan fingerprint density at radius 3 is 2.62 bits per heavy atom. The molecule has 2 aliphatic rings. The van der Waals surface area contributed by atoms with Gasteiger partial charge in [-0.15, -0.1) is 11.8 Å². The van der Waals surface area contributed by atoms with Crippen LogP contribution in [0.15, 0.2) is 35.2 Å². The van der Waals surface area contributed by atoms with Crippen LogP contribution < -0.4 is 0 Å². The van der Waals surface area contributed by atoms with Gasteiger partial charge in [0.25, 0.3) is 5.60 Å². The van der Waals surface area contributed by atoms with Gasteiger partial charge in [0.05, 0.1) is 12.9 Å². The smallest absolute Gasteiger partial charge is 0.466 e. The third kappa shape index (κ3) is 3.38. The largest absolute Gasteiger partial charge is 0.510 e. The van der Waals surface area contributed by atoms with Crippen molar-refractivity contribution in [1.29, 1.82) is 0 Å². The third-order valence-electron chi connectivity index (χ3n) is 4.75. The van der Waals surface area contributed by atoms with E-state index in [0.717, 1.165) is 30.6 Å². The van der Waals surface area contributed by atoms with E-state index in [-0.39, 0.29) is 11.7 Å². The fourth-order valence-corrected chi connectivity index (χ4v) is 4.62.